The minimum absolute atomic E-state index is 0.114. The number of ether oxygens (including phenoxy) is 1. The zero-order chi connectivity index (χ0) is 25.3. The highest BCUT2D eigenvalue weighted by atomic mass is 16.5. The lowest BCUT2D eigenvalue weighted by Gasteiger charge is -2.55. The average Bonchev–Trinajstić information content (AvgIpc) is 2.93. The van der Waals surface area contributed by atoms with Crippen molar-refractivity contribution in [3.63, 3.8) is 0 Å². The third-order valence-corrected chi connectivity index (χ3v) is 8.21. The summed E-state index contributed by atoms with van der Waals surface area (Å²) in [7, 11) is 0. The van der Waals surface area contributed by atoms with Gasteiger partial charge in [0.05, 0.1) is 17.6 Å². The van der Waals surface area contributed by atoms with Crippen LogP contribution < -0.4 is 15.0 Å². The van der Waals surface area contributed by atoms with Crippen molar-refractivity contribution >= 4 is 11.6 Å². The maximum atomic E-state index is 14.0. The van der Waals surface area contributed by atoms with E-state index in [0.29, 0.717) is 37.2 Å². The molecule has 0 bridgehead atoms. The first kappa shape index (κ1) is 23.7. The van der Waals surface area contributed by atoms with Gasteiger partial charge in [0.1, 0.15) is 11.5 Å². The maximum absolute atomic E-state index is 14.0. The van der Waals surface area contributed by atoms with Crippen LogP contribution in [0.4, 0.5) is 5.69 Å². The maximum Gasteiger partial charge on any atom is 0.266 e. The fourth-order valence-corrected chi connectivity index (χ4v) is 6.02. The number of phenols is 1. The van der Waals surface area contributed by atoms with Crippen LogP contribution in [0.3, 0.4) is 0 Å². The van der Waals surface area contributed by atoms with E-state index in [1.165, 1.54) is 0 Å². The zero-order valence-corrected chi connectivity index (χ0v) is 21.0. The summed E-state index contributed by atoms with van der Waals surface area (Å²) in [6, 6.07) is 18.8. The van der Waals surface area contributed by atoms with Crippen LogP contribution in [0.1, 0.15) is 25.7 Å². The van der Waals surface area contributed by atoms with Crippen molar-refractivity contribution in [2.75, 3.05) is 44.2 Å². The monoisotopic (exact) mass is 499 g/mol. The van der Waals surface area contributed by atoms with Crippen LogP contribution in [0.15, 0.2) is 66.9 Å². The third-order valence-electron chi connectivity index (χ3n) is 8.21. The fraction of sp³-hybridized carbons (Fsp3) is 0.414. The van der Waals surface area contributed by atoms with Gasteiger partial charge in [0.25, 0.3) is 5.91 Å². The van der Waals surface area contributed by atoms with Crippen LogP contribution in [0.25, 0.3) is 11.3 Å². The van der Waals surface area contributed by atoms with Crippen LogP contribution >= 0.6 is 0 Å². The highest BCUT2D eigenvalue weighted by molar-refractivity contribution is 5.87. The lowest BCUT2D eigenvalue weighted by Crippen LogP contribution is -2.67. The van der Waals surface area contributed by atoms with Gasteiger partial charge in [-0.15, -0.1) is 0 Å². The molecule has 1 spiro atoms. The van der Waals surface area contributed by atoms with Gasteiger partial charge in [0.2, 0.25) is 0 Å². The molecule has 3 aromatic rings. The Morgan fingerprint density at radius 3 is 2.38 bits per heavy atom. The Bertz CT molecular complexity index is 1250. The number of rotatable bonds is 5. The summed E-state index contributed by atoms with van der Waals surface area (Å²) in [5, 5.41) is 22.1. The molecule has 0 aliphatic carbocycles. The number of aromatic hydroxyl groups is 1. The number of anilines is 1. The molecule has 8 heteroatoms. The number of phenolic OH excluding ortho intramolecular Hbond substituents is 1. The number of hydrogen-bond acceptors (Lipinski definition) is 7. The van der Waals surface area contributed by atoms with E-state index in [1.807, 2.05) is 53.4 Å². The average molecular weight is 500 g/mol. The van der Waals surface area contributed by atoms with E-state index in [-0.39, 0.29) is 17.1 Å². The normalized spacial score (nSPS) is 20.3. The van der Waals surface area contributed by atoms with Crippen molar-refractivity contribution in [2.45, 2.75) is 31.3 Å². The van der Waals surface area contributed by atoms with E-state index in [4.69, 9.17) is 4.74 Å². The van der Waals surface area contributed by atoms with Crippen molar-refractivity contribution < 1.29 is 14.6 Å². The molecule has 6 rings (SSSR count). The molecule has 2 aromatic carbocycles. The minimum Gasteiger partial charge on any atom is -0.507 e. The second-order valence-corrected chi connectivity index (χ2v) is 10.6. The van der Waals surface area contributed by atoms with Gasteiger partial charge in [0, 0.05) is 50.0 Å². The number of benzene rings is 2. The lowest BCUT2D eigenvalue weighted by atomic mass is 9.71. The number of nitrogens with zero attached hydrogens (tertiary/aromatic N) is 4. The Kier molecular flexibility index (Phi) is 6.20. The summed E-state index contributed by atoms with van der Waals surface area (Å²) in [6.07, 6.45) is 5.17. The quantitative estimate of drug-likeness (QED) is 0.555. The van der Waals surface area contributed by atoms with Crippen LogP contribution in [0, 0.1) is 5.41 Å². The lowest BCUT2D eigenvalue weighted by molar-refractivity contribution is -0.164. The highest BCUT2D eigenvalue weighted by Crippen LogP contribution is 2.42. The van der Waals surface area contributed by atoms with Crippen molar-refractivity contribution in [3.8, 4) is 22.8 Å². The Hall–Kier alpha value is -3.65. The second kappa shape index (κ2) is 9.67. The number of carbonyl (C=O) groups is 1. The molecule has 8 nitrogen and oxygen atoms in total. The summed E-state index contributed by atoms with van der Waals surface area (Å²) in [4.78, 5) is 18.2. The first-order chi connectivity index (χ1) is 18.1. The van der Waals surface area contributed by atoms with E-state index in [0.717, 1.165) is 50.5 Å². The van der Waals surface area contributed by atoms with Crippen LogP contribution in [-0.4, -0.2) is 71.0 Å². The van der Waals surface area contributed by atoms with Gasteiger partial charge in [0.15, 0.2) is 5.60 Å². The number of carbonyl (C=O) groups excluding carboxylic acids is 1. The molecule has 1 amide bonds. The van der Waals surface area contributed by atoms with E-state index in [9.17, 15) is 9.90 Å². The zero-order valence-electron chi connectivity index (χ0n) is 21.0. The third kappa shape index (κ3) is 4.62. The van der Waals surface area contributed by atoms with Crippen molar-refractivity contribution in [1.82, 2.24) is 20.4 Å². The van der Waals surface area contributed by atoms with Gasteiger partial charge < -0.3 is 25.0 Å². The number of amides is 1. The van der Waals surface area contributed by atoms with Gasteiger partial charge >= 0.3 is 0 Å². The van der Waals surface area contributed by atoms with Crippen LogP contribution in [-0.2, 0) is 4.79 Å². The predicted octanol–water partition coefficient (Wildman–Crippen LogP) is 3.48. The first-order valence-corrected chi connectivity index (χ1v) is 13.2. The molecule has 0 radical (unpaired) electrons. The number of hydrogen-bond donors (Lipinski definition) is 2. The van der Waals surface area contributed by atoms with Gasteiger partial charge in [-0.25, -0.2) is 0 Å². The minimum atomic E-state index is -0.882. The van der Waals surface area contributed by atoms with Crippen molar-refractivity contribution in [1.29, 1.82) is 0 Å². The Labute approximate surface area is 217 Å². The number of aromatic nitrogens is 2. The van der Waals surface area contributed by atoms with Gasteiger partial charge in [-0.3, -0.25) is 4.79 Å². The molecule has 3 fully saturated rings. The van der Waals surface area contributed by atoms with Crippen LogP contribution in [0.5, 0.6) is 11.5 Å². The first-order valence-electron chi connectivity index (χ1n) is 13.2. The summed E-state index contributed by atoms with van der Waals surface area (Å²) >= 11 is 0. The molecule has 192 valence electrons. The molecule has 0 atom stereocenters. The molecule has 3 saturated heterocycles. The Morgan fingerprint density at radius 1 is 0.946 bits per heavy atom. The predicted molar refractivity (Wildman–Crippen MR) is 141 cm³/mol. The molecule has 3 aliphatic heterocycles. The molecular weight excluding hydrogens is 466 g/mol. The van der Waals surface area contributed by atoms with Gasteiger partial charge in [-0.2, -0.15) is 10.2 Å². The number of nitrogens with one attached hydrogen (secondary N) is 1. The molecule has 0 saturated carbocycles. The molecule has 2 N–H and O–H groups in total. The Morgan fingerprint density at radius 2 is 1.65 bits per heavy atom. The molecule has 0 unspecified atom stereocenters. The smallest absolute Gasteiger partial charge is 0.266 e. The summed E-state index contributed by atoms with van der Waals surface area (Å²) in [5.74, 6) is 1.02. The molecule has 4 heterocycles. The summed E-state index contributed by atoms with van der Waals surface area (Å²) < 4.78 is 6.54. The van der Waals surface area contributed by atoms with Crippen LogP contribution in [0.2, 0.25) is 0 Å². The van der Waals surface area contributed by atoms with E-state index in [1.54, 1.807) is 18.3 Å². The second-order valence-electron chi connectivity index (χ2n) is 10.6. The van der Waals surface area contributed by atoms with E-state index in [2.05, 4.69) is 20.4 Å². The summed E-state index contributed by atoms with van der Waals surface area (Å²) in [6.45, 7) is 5.04. The number of likely N-dealkylation sites (tertiary alicyclic amines) is 1. The largest absolute Gasteiger partial charge is 0.507 e. The van der Waals surface area contributed by atoms with Crippen molar-refractivity contribution in [2.24, 2.45) is 5.41 Å². The van der Waals surface area contributed by atoms with E-state index < -0.39 is 5.60 Å². The SMILES string of the molecule is O=C(N1CC2(CCNCC2)C1)C1(Oc2ccccc2)CCN(c2cnnc(-c3ccccc3O)c2)CC1. The fourth-order valence-electron chi connectivity index (χ4n) is 6.02. The van der Waals surface area contributed by atoms with Gasteiger partial charge in [-0.05, 0) is 56.3 Å². The molecular formula is C29H33N5O3. The Balaban J connectivity index is 1.20. The molecule has 37 heavy (non-hydrogen) atoms. The van der Waals surface area contributed by atoms with Crippen molar-refractivity contribution in [3.05, 3.63) is 66.9 Å². The molecule has 3 aliphatic rings. The van der Waals surface area contributed by atoms with Gasteiger partial charge in [-0.1, -0.05) is 30.3 Å². The number of piperidine rings is 2. The summed E-state index contributed by atoms with van der Waals surface area (Å²) in [5.41, 5.74) is 1.59. The number of para-hydroxylation sites is 2. The topological polar surface area (TPSA) is 90.8 Å². The standard InChI is InChI=1S/C29H33N5O3/c35-26-9-5-4-8-24(26)25-18-22(19-31-32-25)33-16-12-29(13-17-33,37-23-6-2-1-3-7-23)27(36)34-20-28(21-34)10-14-30-15-11-28/h1-9,18-19,30,35H,10-17,20-21H2. The highest BCUT2D eigenvalue weighted by Gasteiger charge is 2.53. The van der Waals surface area contributed by atoms with E-state index >= 15 is 0 Å². The molecule has 1 aromatic heterocycles.